The van der Waals surface area contributed by atoms with Gasteiger partial charge < -0.3 is 10.6 Å². The summed E-state index contributed by atoms with van der Waals surface area (Å²) in [5, 5.41) is 0. The summed E-state index contributed by atoms with van der Waals surface area (Å²) in [6, 6.07) is 3.14. The van der Waals surface area contributed by atoms with E-state index in [1.165, 1.54) is 6.07 Å². The van der Waals surface area contributed by atoms with E-state index >= 15 is 0 Å². The van der Waals surface area contributed by atoms with Crippen LogP contribution < -0.4 is 10.6 Å². The van der Waals surface area contributed by atoms with Gasteiger partial charge in [0.05, 0.1) is 11.4 Å². The molecule has 0 aromatic heterocycles. The van der Waals surface area contributed by atoms with Gasteiger partial charge in [-0.05, 0) is 31.5 Å². The van der Waals surface area contributed by atoms with Gasteiger partial charge in [0.2, 0.25) is 0 Å². The Balaban J connectivity index is 3.15. The lowest BCUT2D eigenvalue weighted by atomic mass is 10.1. The Kier molecular flexibility index (Phi) is 2.76. The third kappa shape index (κ3) is 1.91. The van der Waals surface area contributed by atoms with Crippen molar-refractivity contribution in [3.63, 3.8) is 0 Å². The normalized spacial score (nSPS) is 10.2. The van der Waals surface area contributed by atoms with E-state index in [2.05, 4.69) is 0 Å². The number of hydrogen-bond acceptors (Lipinski definition) is 2. The van der Waals surface area contributed by atoms with Crippen molar-refractivity contribution in [2.24, 2.45) is 0 Å². The first-order chi connectivity index (χ1) is 6.06. The van der Waals surface area contributed by atoms with Crippen molar-refractivity contribution in [3.8, 4) is 0 Å². The van der Waals surface area contributed by atoms with Crippen LogP contribution in [0.3, 0.4) is 0 Å². The van der Waals surface area contributed by atoms with Crippen LogP contribution in [0.5, 0.6) is 0 Å². The molecule has 0 saturated carbocycles. The minimum absolute atomic E-state index is 0.245. The van der Waals surface area contributed by atoms with Crippen LogP contribution in [0.1, 0.15) is 12.5 Å². The van der Waals surface area contributed by atoms with E-state index < -0.39 is 0 Å². The molecule has 1 aromatic rings. The predicted molar refractivity (Wildman–Crippen MR) is 54.5 cm³/mol. The molecule has 1 rings (SSSR count). The summed E-state index contributed by atoms with van der Waals surface area (Å²) < 4.78 is 13.0. The van der Waals surface area contributed by atoms with Crippen LogP contribution in [0.15, 0.2) is 12.1 Å². The van der Waals surface area contributed by atoms with E-state index in [4.69, 9.17) is 5.73 Å². The molecule has 0 saturated heterocycles. The van der Waals surface area contributed by atoms with E-state index in [0.29, 0.717) is 11.3 Å². The Morgan fingerprint density at radius 3 is 2.62 bits per heavy atom. The van der Waals surface area contributed by atoms with Crippen LogP contribution in [-0.2, 0) is 0 Å². The van der Waals surface area contributed by atoms with Crippen molar-refractivity contribution in [2.45, 2.75) is 13.8 Å². The van der Waals surface area contributed by atoms with E-state index in [9.17, 15) is 4.39 Å². The summed E-state index contributed by atoms with van der Waals surface area (Å²) in [4.78, 5) is 1.99. The zero-order valence-corrected chi connectivity index (χ0v) is 8.26. The molecule has 3 heteroatoms. The van der Waals surface area contributed by atoms with Gasteiger partial charge in [-0.25, -0.2) is 4.39 Å². The SMILES string of the molecule is CCN(C)c1cc(C)c(F)cc1N. The summed E-state index contributed by atoms with van der Waals surface area (Å²) in [5.41, 5.74) is 7.70. The molecule has 0 spiro atoms. The number of nitrogens with two attached hydrogens (primary N) is 1. The first-order valence-electron chi connectivity index (χ1n) is 4.33. The lowest BCUT2D eigenvalue weighted by molar-refractivity contribution is 0.619. The van der Waals surface area contributed by atoms with Gasteiger partial charge in [0.15, 0.2) is 0 Å². The van der Waals surface area contributed by atoms with Crippen molar-refractivity contribution in [3.05, 3.63) is 23.5 Å². The zero-order chi connectivity index (χ0) is 10.0. The average Bonchev–Trinajstić information content (AvgIpc) is 2.10. The minimum atomic E-state index is -0.245. The maximum atomic E-state index is 13.0. The standard InChI is InChI=1S/C10H15FN2/c1-4-13(3)10-5-7(2)8(11)6-9(10)12/h5-6H,4,12H2,1-3H3. The molecular formula is C10H15FN2. The fourth-order valence-electron chi connectivity index (χ4n) is 1.18. The summed E-state index contributed by atoms with van der Waals surface area (Å²) in [6.45, 7) is 4.62. The third-order valence-corrected chi connectivity index (χ3v) is 2.19. The number of benzene rings is 1. The largest absolute Gasteiger partial charge is 0.397 e. The molecule has 1 aromatic carbocycles. The molecule has 72 valence electrons. The highest BCUT2D eigenvalue weighted by Gasteiger charge is 2.07. The molecule has 2 nitrogen and oxygen atoms in total. The number of aryl methyl sites for hydroxylation is 1. The number of hydrogen-bond donors (Lipinski definition) is 1. The lowest BCUT2D eigenvalue weighted by Crippen LogP contribution is -2.17. The molecule has 0 aliphatic heterocycles. The highest BCUT2D eigenvalue weighted by Crippen LogP contribution is 2.25. The number of nitrogen functional groups attached to an aromatic ring is 1. The predicted octanol–water partition coefficient (Wildman–Crippen LogP) is 2.17. The third-order valence-electron chi connectivity index (χ3n) is 2.19. The molecule has 2 N–H and O–H groups in total. The second-order valence-corrected chi connectivity index (χ2v) is 3.17. The molecule has 0 atom stereocenters. The van der Waals surface area contributed by atoms with Crippen molar-refractivity contribution < 1.29 is 4.39 Å². The van der Waals surface area contributed by atoms with Crippen LogP contribution in [-0.4, -0.2) is 13.6 Å². The molecule has 0 fully saturated rings. The Labute approximate surface area is 78.2 Å². The Hall–Kier alpha value is -1.25. The van der Waals surface area contributed by atoms with Crippen LogP contribution >= 0.6 is 0 Å². The maximum absolute atomic E-state index is 13.0. The van der Waals surface area contributed by atoms with Crippen LogP contribution in [0.25, 0.3) is 0 Å². The van der Waals surface area contributed by atoms with Gasteiger partial charge in [-0.3, -0.25) is 0 Å². The second-order valence-electron chi connectivity index (χ2n) is 3.17. The van der Waals surface area contributed by atoms with Gasteiger partial charge in [0.1, 0.15) is 5.82 Å². The molecule has 13 heavy (non-hydrogen) atoms. The molecule has 0 aliphatic rings. The fourth-order valence-corrected chi connectivity index (χ4v) is 1.18. The topological polar surface area (TPSA) is 29.3 Å². The first-order valence-corrected chi connectivity index (χ1v) is 4.33. The van der Waals surface area contributed by atoms with Gasteiger partial charge in [-0.1, -0.05) is 0 Å². The van der Waals surface area contributed by atoms with Gasteiger partial charge in [-0.2, -0.15) is 0 Å². The lowest BCUT2D eigenvalue weighted by Gasteiger charge is -2.19. The Bertz CT molecular complexity index is 310. The van der Waals surface area contributed by atoms with Crippen molar-refractivity contribution >= 4 is 11.4 Å². The second kappa shape index (κ2) is 3.64. The molecule has 0 heterocycles. The van der Waals surface area contributed by atoms with Crippen molar-refractivity contribution in [1.82, 2.24) is 0 Å². The molecule has 0 radical (unpaired) electrons. The number of nitrogens with zero attached hydrogens (tertiary/aromatic N) is 1. The smallest absolute Gasteiger partial charge is 0.128 e. The summed E-state index contributed by atoms with van der Waals surface area (Å²) in [7, 11) is 1.93. The van der Waals surface area contributed by atoms with Gasteiger partial charge in [0, 0.05) is 13.6 Å². The average molecular weight is 182 g/mol. The Morgan fingerprint density at radius 2 is 2.08 bits per heavy atom. The quantitative estimate of drug-likeness (QED) is 0.710. The van der Waals surface area contributed by atoms with Gasteiger partial charge in [0.25, 0.3) is 0 Å². The van der Waals surface area contributed by atoms with E-state index in [1.54, 1.807) is 13.0 Å². The summed E-state index contributed by atoms with van der Waals surface area (Å²) in [6.07, 6.45) is 0. The van der Waals surface area contributed by atoms with Crippen LogP contribution in [0.2, 0.25) is 0 Å². The summed E-state index contributed by atoms with van der Waals surface area (Å²) >= 11 is 0. The summed E-state index contributed by atoms with van der Waals surface area (Å²) in [5.74, 6) is -0.245. The highest BCUT2D eigenvalue weighted by molar-refractivity contribution is 5.68. The minimum Gasteiger partial charge on any atom is -0.397 e. The highest BCUT2D eigenvalue weighted by atomic mass is 19.1. The van der Waals surface area contributed by atoms with Gasteiger partial charge >= 0.3 is 0 Å². The number of anilines is 2. The number of rotatable bonds is 2. The molecule has 0 aliphatic carbocycles. The zero-order valence-electron chi connectivity index (χ0n) is 8.26. The Morgan fingerprint density at radius 1 is 1.46 bits per heavy atom. The van der Waals surface area contributed by atoms with E-state index in [1.807, 2.05) is 18.9 Å². The number of halogens is 1. The van der Waals surface area contributed by atoms with Crippen LogP contribution in [0.4, 0.5) is 15.8 Å². The van der Waals surface area contributed by atoms with E-state index in [0.717, 1.165) is 12.2 Å². The van der Waals surface area contributed by atoms with Crippen molar-refractivity contribution in [1.29, 1.82) is 0 Å². The van der Waals surface area contributed by atoms with Crippen LogP contribution in [0, 0.1) is 12.7 Å². The van der Waals surface area contributed by atoms with Gasteiger partial charge in [-0.15, -0.1) is 0 Å². The van der Waals surface area contributed by atoms with E-state index in [-0.39, 0.29) is 5.82 Å². The molecular weight excluding hydrogens is 167 g/mol. The maximum Gasteiger partial charge on any atom is 0.128 e. The fraction of sp³-hybridized carbons (Fsp3) is 0.400. The van der Waals surface area contributed by atoms with Crippen molar-refractivity contribution in [2.75, 3.05) is 24.2 Å². The molecule has 0 amide bonds. The monoisotopic (exact) mass is 182 g/mol. The molecule has 0 bridgehead atoms. The molecule has 0 unspecified atom stereocenters. The first kappa shape index (κ1) is 9.84.